The highest BCUT2D eigenvalue weighted by atomic mass is 19.1. The molecule has 0 atom stereocenters. The third-order valence-electron chi connectivity index (χ3n) is 3.86. The highest BCUT2D eigenvalue weighted by Crippen LogP contribution is 2.36. The Labute approximate surface area is 131 Å². The largest absolute Gasteiger partial charge is 0.483 e. The first-order chi connectivity index (χ1) is 11.1. The van der Waals surface area contributed by atoms with Crippen LogP contribution < -0.4 is 9.64 Å². The molecular formula is C17H12FNO4. The first-order valence-corrected chi connectivity index (χ1v) is 7.17. The zero-order chi connectivity index (χ0) is 16.0. The molecule has 0 saturated carbocycles. The van der Waals surface area contributed by atoms with E-state index >= 15 is 0 Å². The Morgan fingerprint density at radius 3 is 2.26 bits per heavy atom. The number of ether oxygens (including phenoxy) is 2. The van der Waals surface area contributed by atoms with Crippen LogP contribution in [0, 0.1) is 5.82 Å². The third-order valence-corrected chi connectivity index (χ3v) is 3.86. The molecule has 116 valence electrons. The predicted octanol–water partition coefficient (Wildman–Crippen LogP) is 2.40. The minimum Gasteiger partial charge on any atom is -0.483 e. The average Bonchev–Trinajstić information content (AvgIpc) is 2.76. The molecule has 2 heterocycles. The molecule has 5 nitrogen and oxygen atoms in total. The lowest BCUT2D eigenvalue weighted by Crippen LogP contribution is -2.39. The van der Waals surface area contributed by atoms with Crippen molar-refractivity contribution in [2.24, 2.45) is 0 Å². The summed E-state index contributed by atoms with van der Waals surface area (Å²) in [5.41, 5.74) is 0.725. The van der Waals surface area contributed by atoms with Gasteiger partial charge in [-0.15, -0.1) is 0 Å². The summed E-state index contributed by atoms with van der Waals surface area (Å²) in [5.74, 6) is -1.22. The predicted molar refractivity (Wildman–Crippen MR) is 79.2 cm³/mol. The zero-order valence-electron chi connectivity index (χ0n) is 12.0. The summed E-state index contributed by atoms with van der Waals surface area (Å²) >= 11 is 0. The van der Waals surface area contributed by atoms with Gasteiger partial charge in [-0.1, -0.05) is 12.1 Å². The van der Waals surface area contributed by atoms with Crippen molar-refractivity contribution < 1.29 is 23.5 Å². The van der Waals surface area contributed by atoms with E-state index in [1.807, 2.05) is 0 Å². The number of carbonyl (C=O) groups excluding carboxylic acids is 2. The van der Waals surface area contributed by atoms with Crippen LogP contribution in [0.3, 0.4) is 0 Å². The minimum absolute atomic E-state index is 0.114. The normalized spacial score (nSPS) is 17.2. The number of nitrogens with zero attached hydrogens (tertiary/aromatic N) is 1. The molecule has 2 amide bonds. The number of anilines is 1. The van der Waals surface area contributed by atoms with E-state index in [0.29, 0.717) is 24.3 Å². The smallest absolute Gasteiger partial charge is 0.266 e. The van der Waals surface area contributed by atoms with E-state index in [9.17, 15) is 14.0 Å². The standard InChI is InChI=1S/C17H12FNO4/c18-10-5-6-15(23-11-8-22-9-11)14(7-10)19-16(20)12-3-1-2-4-13(12)17(19)21/h1-7,11H,8-9H2. The van der Waals surface area contributed by atoms with Gasteiger partial charge in [0, 0.05) is 6.07 Å². The summed E-state index contributed by atoms with van der Waals surface area (Å²) in [5, 5.41) is 0. The molecule has 0 bridgehead atoms. The Bertz CT molecular complexity index is 781. The molecule has 0 spiro atoms. The molecule has 6 heteroatoms. The van der Waals surface area contributed by atoms with Crippen LogP contribution >= 0.6 is 0 Å². The number of rotatable bonds is 3. The van der Waals surface area contributed by atoms with Gasteiger partial charge >= 0.3 is 0 Å². The lowest BCUT2D eigenvalue weighted by atomic mass is 10.1. The molecule has 0 unspecified atom stereocenters. The molecule has 0 N–H and O–H groups in total. The topological polar surface area (TPSA) is 55.8 Å². The maximum atomic E-state index is 13.7. The fourth-order valence-electron chi connectivity index (χ4n) is 2.63. The van der Waals surface area contributed by atoms with E-state index in [4.69, 9.17) is 9.47 Å². The highest BCUT2D eigenvalue weighted by Gasteiger charge is 2.38. The molecular weight excluding hydrogens is 301 g/mol. The molecule has 1 saturated heterocycles. The van der Waals surface area contributed by atoms with Crippen LogP contribution in [0.1, 0.15) is 20.7 Å². The van der Waals surface area contributed by atoms with E-state index in [1.54, 1.807) is 24.3 Å². The van der Waals surface area contributed by atoms with Gasteiger partial charge in [-0.05, 0) is 24.3 Å². The third kappa shape index (κ3) is 2.19. The van der Waals surface area contributed by atoms with Gasteiger partial charge < -0.3 is 9.47 Å². The number of imide groups is 1. The summed E-state index contributed by atoms with van der Waals surface area (Å²) < 4.78 is 24.4. The van der Waals surface area contributed by atoms with Gasteiger partial charge in [0.25, 0.3) is 11.8 Å². The molecule has 2 aliphatic heterocycles. The fourth-order valence-corrected chi connectivity index (χ4v) is 2.63. The Morgan fingerprint density at radius 1 is 1.04 bits per heavy atom. The average molecular weight is 313 g/mol. The summed E-state index contributed by atoms with van der Waals surface area (Å²) in [6.07, 6.45) is -0.158. The molecule has 2 aromatic carbocycles. The van der Waals surface area contributed by atoms with Crippen molar-refractivity contribution in [2.75, 3.05) is 18.1 Å². The lowest BCUT2D eigenvalue weighted by Gasteiger charge is -2.28. The molecule has 0 aliphatic carbocycles. The van der Waals surface area contributed by atoms with E-state index in [2.05, 4.69) is 0 Å². The second-order valence-corrected chi connectivity index (χ2v) is 5.38. The van der Waals surface area contributed by atoms with Crippen molar-refractivity contribution >= 4 is 17.5 Å². The Hall–Kier alpha value is -2.73. The number of hydrogen-bond donors (Lipinski definition) is 0. The van der Waals surface area contributed by atoms with Gasteiger partial charge in [0.1, 0.15) is 17.7 Å². The first kappa shape index (κ1) is 13.9. The van der Waals surface area contributed by atoms with Crippen molar-refractivity contribution in [3.8, 4) is 5.75 Å². The summed E-state index contributed by atoms with van der Waals surface area (Å²) in [6, 6.07) is 10.3. The van der Waals surface area contributed by atoms with E-state index in [-0.39, 0.29) is 17.5 Å². The lowest BCUT2D eigenvalue weighted by molar-refractivity contribution is -0.0794. The van der Waals surface area contributed by atoms with Crippen LogP contribution in [0.2, 0.25) is 0 Å². The summed E-state index contributed by atoms with van der Waals surface area (Å²) in [4.78, 5) is 26.0. The second kappa shape index (κ2) is 5.17. The van der Waals surface area contributed by atoms with Crippen LogP contribution in [0.5, 0.6) is 5.75 Å². The number of carbonyl (C=O) groups is 2. The van der Waals surface area contributed by atoms with E-state index < -0.39 is 17.6 Å². The van der Waals surface area contributed by atoms with Crippen LogP contribution in [0.25, 0.3) is 0 Å². The molecule has 2 aliphatic rings. The van der Waals surface area contributed by atoms with Crippen LogP contribution in [0.4, 0.5) is 10.1 Å². The minimum atomic E-state index is -0.547. The van der Waals surface area contributed by atoms with Crippen molar-refractivity contribution in [2.45, 2.75) is 6.10 Å². The quantitative estimate of drug-likeness (QED) is 0.817. The van der Waals surface area contributed by atoms with E-state index in [0.717, 1.165) is 11.0 Å². The van der Waals surface area contributed by atoms with Gasteiger partial charge in [0.15, 0.2) is 0 Å². The number of hydrogen-bond acceptors (Lipinski definition) is 4. The van der Waals surface area contributed by atoms with Gasteiger partial charge in [-0.2, -0.15) is 0 Å². The van der Waals surface area contributed by atoms with Gasteiger partial charge in [-0.3, -0.25) is 9.59 Å². The van der Waals surface area contributed by atoms with Crippen LogP contribution in [-0.4, -0.2) is 31.1 Å². The summed E-state index contributed by atoms with van der Waals surface area (Å²) in [7, 11) is 0. The second-order valence-electron chi connectivity index (χ2n) is 5.38. The summed E-state index contributed by atoms with van der Waals surface area (Å²) in [6.45, 7) is 0.859. The molecule has 0 aromatic heterocycles. The monoisotopic (exact) mass is 313 g/mol. The number of benzene rings is 2. The van der Waals surface area contributed by atoms with Crippen LogP contribution in [-0.2, 0) is 4.74 Å². The number of amides is 2. The number of fused-ring (bicyclic) bond motifs is 1. The Balaban J connectivity index is 1.77. The van der Waals surface area contributed by atoms with E-state index in [1.165, 1.54) is 12.1 Å². The fraction of sp³-hybridized carbons (Fsp3) is 0.176. The Kier molecular flexibility index (Phi) is 3.12. The molecule has 2 aromatic rings. The molecule has 1 fully saturated rings. The zero-order valence-corrected chi connectivity index (χ0v) is 12.0. The first-order valence-electron chi connectivity index (χ1n) is 7.17. The van der Waals surface area contributed by atoms with Gasteiger partial charge in [0.05, 0.1) is 30.0 Å². The molecule has 23 heavy (non-hydrogen) atoms. The van der Waals surface area contributed by atoms with Crippen molar-refractivity contribution in [3.63, 3.8) is 0 Å². The maximum absolute atomic E-state index is 13.7. The van der Waals surface area contributed by atoms with Crippen molar-refractivity contribution in [3.05, 3.63) is 59.4 Å². The van der Waals surface area contributed by atoms with Crippen molar-refractivity contribution in [1.82, 2.24) is 0 Å². The van der Waals surface area contributed by atoms with Gasteiger partial charge in [-0.25, -0.2) is 9.29 Å². The SMILES string of the molecule is O=C1c2ccccc2C(=O)N1c1cc(F)ccc1OC1COC1. The van der Waals surface area contributed by atoms with Gasteiger partial charge in [0.2, 0.25) is 0 Å². The van der Waals surface area contributed by atoms with Crippen molar-refractivity contribution in [1.29, 1.82) is 0 Å². The molecule has 0 radical (unpaired) electrons. The molecule has 4 rings (SSSR count). The Morgan fingerprint density at radius 2 is 1.70 bits per heavy atom. The van der Waals surface area contributed by atoms with Crippen LogP contribution in [0.15, 0.2) is 42.5 Å². The highest BCUT2D eigenvalue weighted by molar-refractivity contribution is 6.34. The number of halogens is 1. The maximum Gasteiger partial charge on any atom is 0.266 e.